The van der Waals surface area contributed by atoms with Crippen molar-refractivity contribution >= 4 is 5.91 Å². The van der Waals surface area contributed by atoms with E-state index in [-0.39, 0.29) is 23.9 Å². The van der Waals surface area contributed by atoms with Crippen LogP contribution in [0.25, 0.3) is 5.69 Å². The summed E-state index contributed by atoms with van der Waals surface area (Å²) < 4.78 is 27.1. The number of carbonyl (C=O) groups is 1. The summed E-state index contributed by atoms with van der Waals surface area (Å²) in [5, 5.41) is 10.3. The minimum atomic E-state index is -0.400. The number of carbonyl (C=O) groups excluding carboxylic acids is 1. The van der Waals surface area contributed by atoms with Gasteiger partial charge in [0.1, 0.15) is 11.6 Å². The van der Waals surface area contributed by atoms with Gasteiger partial charge in [0.25, 0.3) is 5.91 Å². The monoisotopic (exact) mass is 314 g/mol. The van der Waals surface area contributed by atoms with Gasteiger partial charge in [-0.3, -0.25) is 4.79 Å². The number of amides is 1. The zero-order valence-corrected chi connectivity index (χ0v) is 11.9. The number of rotatable bonds is 4. The van der Waals surface area contributed by atoms with Gasteiger partial charge in [-0.25, -0.2) is 13.5 Å². The largest absolute Gasteiger partial charge is 0.347 e. The van der Waals surface area contributed by atoms with E-state index in [1.54, 1.807) is 12.1 Å². The fourth-order valence-corrected chi connectivity index (χ4v) is 1.96. The van der Waals surface area contributed by atoms with Gasteiger partial charge in [0.2, 0.25) is 0 Å². The van der Waals surface area contributed by atoms with Crippen molar-refractivity contribution in [1.82, 2.24) is 20.3 Å². The molecule has 3 rings (SSSR count). The van der Waals surface area contributed by atoms with Crippen LogP contribution in [-0.4, -0.2) is 20.9 Å². The van der Waals surface area contributed by atoms with Crippen LogP contribution in [-0.2, 0) is 6.54 Å². The molecule has 7 heteroatoms. The van der Waals surface area contributed by atoms with Gasteiger partial charge >= 0.3 is 0 Å². The van der Waals surface area contributed by atoms with Gasteiger partial charge in [-0.1, -0.05) is 17.3 Å². The molecule has 0 spiro atoms. The molecule has 0 unspecified atom stereocenters. The molecule has 0 saturated carbocycles. The first-order valence-electron chi connectivity index (χ1n) is 6.83. The predicted molar refractivity (Wildman–Crippen MR) is 78.9 cm³/mol. The first kappa shape index (κ1) is 14.8. The Kier molecular flexibility index (Phi) is 4.09. The molecule has 3 aromatic rings. The molecule has 0 aliphatic rings. The molecule has 0 radical (unpaired) electrons. The van der Waals surface area contributed by atoms with E-state index in [0.717, 1.165) is 5.56 Å². The fourth-order valence-electron chi connectivity index (χ4n) is 1.96. The molecule has 0 atom stereocenters. The number of hydrogen-bond donors (Lipinski definition) is 1. The second kappa shape index (κ2) is 6.35. The number of nitrogens with one attached hydrogen (secondary N) is 1. The summed E-state index contributed by atoms with van der Waals surface area (Å²) in [7, 11) is 0. The van der Waals surface area contributed by atoms with E-state index in [1.165, 1.54) is 47.3 Å². The molecule has 1 heterocycles. The Labute approximate surface area is 130 Å². The minimum absolute atomic E-state index is 0.136. The summed E-state index contributed by atoms with van der Waals surface area (Å²) >= 11 is 0. The molecule has 0 saturated heterocycles. The molecule has 2 aromatic carbocycles. The van der Waals surface area contributed by atoms with Crippen LogP contribution in [0.15, 0.2) is 54.7 Å². The second-order valence-electron chi connectivity index (χ2n) is 4.83. The van der Waals surface area contributed by atoms with Gasteiger partial charge in [-0.2, -0.15) is 0 Å². The molecule has 5 nitrogen and oxygen atoms in total. The summed E-state index contributed by atoms with van der Waals surface area (Å²) in [5.74, 6) is -1.09. The van der Waals surface area contributed by atoms with E-state index in [0.29, 0.717) is 5.69 Å². The van der Waals surface area contributed by atoms with E-state index in [1.807, 2.05) is 0 Å². The molecule has 1 amide bonds. The van der Waals surface area contributed by atoms with Crippen molar-refractivity contribution < 1.29 is 13.6 Å². The summed E-state index contributed by atoms with van der Waals surface area (Å²) in [6, 6.07) is 11.5. The van der Waals surface area contributed by atoms with E-state index in [4.69, 9.17) is 0 Å². The van der Waals surface area contributed by atoms with Crippen LogP contribution in [0, 0.1) is 11.6 Å². The van der Waals surface area contributed by atoms with Gasteiger partial charge in [-0.05, 0) is 42.0 Å². The Balaban J connectivity index is 1.66. The summed E-state index contributed by atoms with van der Waals surface area (Å²) in [6.07, 6.45) is 1.45. The first-order valence-corrected chi connectivity index (χ1v) is 6.83. The van der Waals surface area contributed by atoms with Crippen LogP contribution in [0.5, 0.6) is 0 Å². The molecule has 1 aromatic heterocycles. The normalized spacial score (nSPS) is 10.5. The quantitative estimate of drug-likeness (QED) is 0.805. The maximum atomic E-state index is 12.9. The Morgan fingerprint density at radius 2 is 1.61 bits per heavy atom. The topological polar surface area (TPSA) is 59.8 Å². The van der Waals surface area contributed by atoms with Crippen molar-refractivity contribution in [3.63, 3.8) is 0 Å². The Morgan fingerprint density at radius 1 is 1.00 bits per heavy atom. The van der Waals surface area contributed by atoms with Crippen molar-refractivity contribution in [3.05, 3.63) is 77.6 Å². The van der Waals surface area contributed by atoms with Gasteiger partial charge in [-0.15, -0.1) is 5.10 Å². The predicted octanol–water partition coefficient (Wildman–Crippen LogP) is 2.48. The maximum Gasteiger partial charge on any atom is 0.273 e. The van der Waals surface area contributed by atoms with Gasteiger partial charge in [0.05, 0.1) is 11.9 Å². The van der Waals surface area contributed by atoms with Crippen LogP contribution < -0.4 is 5.32 Å². The zero-order chi connectivity index (χ0) is 16.2. The molecule has 0 aliphatic heterocycles. The van der Waals surface area contributed by atoms with E-state index in [9.17, 15) is 13.6 Å². The second-order valence-corrected chi connectivity index (χ2v) is 4.83. The van der Waals surface area contributed by atoms with Gasteiger partial charge < -0.3 is 5.32 Å². The van der Waals surface area contributed by atoms with E-state index in [2.05, 4.69) is 15.6 Å². The molecular weight excluding hydrogens is 302 g/mol. The van der Waals surface area contributed by atoms with Crippen LogP contribution >= 0.6 is 0 Å². The van der Waals surface area contributed by atoms with Crippen LogP contribution in [0.1, 0.15) is 16.1 Å². The smallest absolute Gasteiger partial charge is 0.273 e. The maximum absolute atomic E-state index is 12.9. The average Bonchev–Trinajstić information content (AvgIpc) is 3.05. The SMILES string of the molecule is O=C(NCc1ccc(F)cc1)c1cn(-c2ccc(F)cc2)nn1. The minimum Gasteiger partial charge on any atom is -0.347 e. The van der Waals surface area contributed by atoms with Crippen LogP contribution in [0.3, 0.4) is 0 Å². The molecule has 0 bridgehead atoms. The highest BCUT2D eigenvalue weighted by Crippen LogP contribution is 2.08. The number of nitrogens with zero attached hydrogens (tertiary/aromatic N) is 3. The van der Waals surface area contributed by atoms with Crippen LogP contribution in [0.2, 0.25) is 0 Å². The molecule has 1 N–H and O–H groups in total. The Morgan fingerprint density at radius 3 is 2.26 bits per heavy atom. The van der Waals surface area contributed by atoms with Crippen molar-refractivity contribution in [2.75, 3.05) is 0 Å². The fraction of sp³-hybridized carbons (Fsp3) is 0.0625. The lowest BCUT2D eigenvalue weighted by Gasteiger charge is -2.03. The summed E-state index contributed by atoms with van der Waals surface area (Å²) in [6.45, 7) is 0.253. The van der Waals surface area contributed by atoms with Crippen molar-refractivity contribution in [2.24, 2.45) is 0 Å². The highest BCUT2D eigenvalue weighted by Gasteiger charge is 2.11. The highest BCUT2D eigenvalue weighted by molar-refractivity contribution is 5.91. The first-order chi connectivity index (χ1) is 11.1. The summed E-state index contributed by atoms with van der Waals surface area (Å²) in [5.41, 5.74) is 1.50. The Bertz CT molecular complexity index is 813. The molecule has 116 valence electrons. The number of halogens is 2. The third-order valence-electron chi connectivity index (χ3n) is 3.18. The van der Waals surface area contributed by atoms with Gasteiger partial charge in [0.15, 0.2) is 5.69 Å². The molecular formula is C16H12F2N4O. The van der Waals surface area contributed by atoms with Crippen molar-refractivity contribution in [1.29, 1.82) is 0 Å². The summed E-state index contributed by atoms with van der Waals surface area (Å²) in [4.78, 5) is 12.0. The third kappa shape index (κ3) is 3.57. The average molecular weight is 314 g/mol. The van der Waals surface area contributed by atoms with E-state index < -0.39 is 5.91 Å². The molecule has 0 fully saturated rings. The van der Waals surface area contributed by atoms with Crippen molar-refractivity contribution in [2.45, 2.75) is 6.54 Å². The highest BCUT2D eigenvalue weighted by atomic mass is 19.1. The number of hydrogen-bond acceptors (Lipinski definition) is 3. The third-order valence-corrected chi connectivity index (χ3v) is 3.18. The van der Waals surface area contributed by atoms with Gasteiger partial charge in [0, 0.05) is 6.54 Å². The number of aromatic nitrogens is 3. The van der Waals surface area contributed by atoms with E-state index >= 15 is 0 Å². The lowest BCUT2D eigenvalue weighted by molar-refractivity contribution is 0.0946. The molecule has 0 aliphatic carbocycles. The lowest BCUT2D eigenvalue weighted by Crippen LogP contribution is -2.23. The lowest BCUT2D eigenvalue weighted by atomic mass is 10.2. The molecule has 23 heavy (non-hydrogen) atoms. The number of benzene rings is 2. The zero-order valence-electron chi connectivity index (χ0n) is 11.9. The standard InChI is InChI=1S/C16H12F2N4O/c17-12-3-1-11(2-4-12)9-19-16(23)15-10-22(21-20-15)14-7-5-13(18)6-8-14/h1-8,10H,9H2,(H,19,23). The van der Waals surface area contributed by atoms with Crippen molar-refractivity contribution in [3.8, 4) is 5.69 Å². The Hall–Kier alpha value is -3.09. The van der Waals surface area contributed by atoms with Crippen LogP contribution in [0.4, 0.5) is 8.78 Å².